The van der Waals surface area contributed by atoms with Gasteiger partial charge < -0.3 is 5.73 Å². The maximum Gasteiger partial charge on any atom is 0.131 e. The van der Waals surface area contributed by atoms with Gasteiger partial charge in [-0.2, -0.15) is 5.10 Å². The van der Waals surface area contributed by atoms with Crippen LogP contribution in [0.4, 0.5) is 8.78 Å². The lowest BCUT2D eigenvalue weighted by atomic mass is 10.0. The molecule has 2 rings (SSSR count). The van der Waals surface area contributed by atoms with Crippen LogP contribution in [0.3, 0.4) is 0 Å². The first kappa shape index (κ1) is 14.1. The van der Waals surface area contributed by atoms with Gasteiger partial charge in [0.15, 0.2) is 0 Å². The van der Waals surface area contributed by atoms with Gasteiger partial charge in [0.25, 0.3) is 0 Å². The van der Waals surface area contributed by atoms with Gasteiger partial charge in [0.1, 0.15) is 11.6 Å². The second kappa shape index (κ2) is 5.38. The fourth-order valence-corrected chi connectivity index (χ4v) is 2.54. The van der Waals surface area contributed by atoms with E-state index in [1.54, 1.807) is 17.8 Å². The molecule has 2 aromatic rings. The van der Waals surface area contributed by atoms with Crippen LogP contribution in [0, 0.1) is 18.6 Å². The van der Waals surface area contributed by atoms with Crippen LogP contribution in [-0.4, -0.2) is 9.78 Å². The van der Waals surface area contributed by atoms with Crippen molar-refractivity contribution in [3.8, 4) is 0 Å². The maximum atomic E-state index is 13.9. The topological polar surface area (TPSA) is 43.8 Å². The standard InChI is InChI=1S/C13H14BrF2N3/c1-3-19-13(9(14)6-18-19)12(17)8-4-7(2)10(15)5-11(8)16/h4-6,12H,3,17H2,1-2H3. The molecule has 2 N–H and O–H groups in total. The molecular formula is C13H14BrF2N3. The van der Waals surface area contributed by atoms with Gasteiger partial charge in [-0.05, 0) is 41.4 Å². The van der Waals surface area contributed by atoms with Crippen LogP contribution in [-0.2, 0) is 6.54 Å². The first-order chi connectivity index (χ1) is 8.95. The summed E-state index contributed by atoms with van der Waals surface area (Å²) in [4.78, 5) is 0. The average Bonchev–Trinajstić information content (AvgIpc) is 2.74. The Balaban J connectivity index is 2.52. The molecule has 0 bridgehead atoms. The zero-order chi connectivity index (χ0) is 14.2. The predicted molar refractivity (Wildman–Crippen MR) is 72.7 cm³/mol. The summed E-state index contributed by atoms with van der Waals surface area (Å²) in [6.07, 6.45) is 1.62. The molecule has 0 aliphatic heterocycles. The van der Waals surface area contributed by atoms with E-state index in [2.05, 4.69) is 21.0 Å². The quantitative estimate of drug-likeness (QED) is 0.938. The van der Waals surface area contributed by atoms with Crippen molar-refractivity contribution in [1.29, 1.82) is 0 Å². The minimum Gasteiger partial charge on any atom is -0.319 e. The SMILES string of the molecule is CCn1ncc(Br)c1C(N)c1cc(C)c(F)cc1F. The fraction of sp³-hybridized carbons (Fsp3) is 0.308. The molecule has 1 atom stereocenters. The van der Waals surface area contributed by atoms with Crippen LogP contribution in [0.5, 0.6) is 0 Å². The lowest BCUT2D eigenvalue weighted by Gasteiger charge is -2.16. The molecule has 1 unspecified atom stereocenters. The van der Waals surface area contributed by atoms with Crippen molar-refractivity contribution in [3.63, 3.8) is 0 Å². The lowest BCUT2D eigenvalue weighted by Crippen LogP contribution is -2.19. The van der Waals surface area contributed by atoms with Crippen LogP contribution >= 0.6 is 15.9 Å². The van der Waals surface area contributed by atoms with E-state index in [4.69, 9.17) is 5.73 Å². The molecule has 0 saturated heterocycles. The first-order valence-corrected chi connectivity index (χ1v) is 6.67. The minimum absolute atomic E-state index is 0.259. The van der Waals surface area contributed by atoms with Gasteiger partial charge in [-0.15, -0.1) is 0 Å². The van der Waals surface area contributed by atoms with Crippen LogP contribution in [0.25, 0.3) is 0 Å². The van der Waals surface area contributed by atoms with E-state index in [0.29, 0.717) is 22.3 Å². The molecule has 0 amide bonds. The van der Waals surface area contributed by atoms with Crippen molar-refractivity contribution in [1.82, 2.24) is 9.78 Å². The van der Waals surface area contributed by atoms with Gasteiger partial charge in [-0.25, -0.2) is 8.78 Å². The van der Waals surface area contributed by atoms with Crippen molar-refractivity contribution in [2.45, 2.75) is 26.4 Å². The Hall–Kier alpha value is -1.27. The largest absolute Gasteiger partial charge is 0.319 e. The smallest absolute Gasteiger partial charge is 0.131 e. The Morgan fingerprint density at radius 1 is 1.37 bits per heavy atom. The van der Waals surface area contributed by atoms with Gasteiger partial charge >= 0.3 is 0 Å². The summed E-state index contributed by atoms with van der Waals surface area (Å²) >= 11 is 3.35. The summed E-state index contributed by atoms with van der Waals surface area (Å²) < 4.78 is 29.6. The number of aryl methyl sites for hydroxylation is 2. The molecular weight excluding hydrogens is 316 g/mol. The molecule has 0 spiro atoms. The van der Waals surface area contributed by atoms with E-state index in [9.17, 15) is 8.78 Å². The molecule has 19 heavy (non-hydrogen) atoms. The number of hydrogen-bond acceptors (Lipinski definition) is 2. The molecule has 0 radical (unpaired) electrons. The van der Waals surface area contributed by atoms with E-state index in [0.717, 1.165) is 6.07 Å². The Morgan fingerprint density at radius 2 is 2.05 bits per heavy atom. The van der Waals surface area contributed by atoms with Gasteiger partial charge in [-0.1, -0.05) is 0 Å². The molecule has 0 aliphatic rings. The highest BCUT2D eigenvalue weighted by Gasteiger charge is 2.21. The number of aromatic nitrogens is 2. The second-order valence-corrected chi connectivity index (χ2v) is 5.15. The zero-order valence-electron chi connectivity index (χ0n) is 10.6. The number of nitrogens with two attached hydrogens (primary N) is 1. The normalized spacial score (nSPS) is 12.7. The summed E-state index contributed by atoms with van der Waals surface area (Å²) in [6, 6.07) is 1.61. The number of benzene rings is 1. The zero-order valence-corrected chi connectivity index (χ0v) is 12.2. The highest BCUT2D eigenvalue weighted by Crippen LogP contribution is 2.29. The summed E-state index contributed by atoms with van der Waals surface area (Å²) in [5.74, 6) is -1.22. The molecule has 1 aromatic carbocycles. The minimum atomic E-state index is -0.698. The Morgan fingerprint density at radius 3 is 2.68 bits per heavy atom. The van der Waals surface area contributed by atoms with Crippen molar-refractivity contribution >= 4 is 15.9 Å². The van der Waals surface area contributed by atoms with Crippen molar-refractivity contribution in [2.24, 2.45) is 5.73 Å². The van der Waals surface area contributed by atoms with Gasteiger partial charge in [0.05, 0.1) is 22.4 Å². The summed E-state index contributed by atoms with van der Waals surface area (Å²) in [7, 11) is 0. The highest BCUT2D eigenvalue weighted by molar-refractivity contribution is 9.10. The third kappa shape index (κ3) is 2.55. The Labute approximate surface area is 118 Å². The average molecular weight is 330 g/mol. The van der Waals surface area contributed by atoms with E-state index >= 15 is 0 Å². The molecule has 0 fully saturated rings. The molecule has 3 nitrogen and oxygen atoms in total. The molecule has 0 saturated carbocycles. The van der Waals surface area contributed by atoms with E-state index in [1.165, 1.54) is 6.07 Å². The predicted octanol–water partition coefficient (Wildman–Crippen LogP) is 3.30. The maximum absolute atomic E-state index is 13.9. The second-order valence-electron chi connectivity index (χ2n) is 4.29. The number of halogens is 3. The van der Waals surface area contributed by atoms with Crippen LogP contribution in [0.2, 0.25) is 0 Å². The lowest BCUT2D eigenvalue weighted by molar-refractivity contribution is 0.546. The molecule has 1 heterocycles. The number of nitrogens with zero attached hydrogens (tertiary/aromatic N) is 2. The number of rotatable bonds is 3. The number of hydrogen-bond donors (Lipinski definition) is 1. The van der Waals surface area contributed by atoms with E-state index in [-0.39, 0.29) is 5.56 Å². The molecule has 1 aromatic heterocycles. The Bertz CT molecular complexity index is 610. The van der Waals surface area contributed by atoms with Gasteiger partial charge in [-0.3, -0.25) is 4.68 Å². The third-order valence-electron chi connectivity index (χ3n) is 3.04. The van der Waals surface area contributed by atoms with Crippen molar-refractivity contribution in [2.75, 3.05) is 0 Å². The van der Waals surface area contributed by atoms with E-state index < -0.39 is 17.7 Å². The van der Waals surface area contributed by atoms with Crippen molar-refractivity contribution in [3.05, 3.63) is 51.3 Å². The fourth-order valence-electron chi connectivity index (χ4n) is 2.00. The Kier molecular flexibility index (Phi) is 4.01. The molecule has 0 aliphatic carbocycles. The summed E-state index contributed by atoms with van der Waals surface area (Å²) in [6.45, 7) is 4.12. The summed E-state index contributed by atoms with van der Waals surface area (Å²) in [5, 5.41) is 4.14. The highest BCUT2D eigenvalue weighted by atomic mass is 79.9. The third-order valence-corrected chi connectivity index (χ3v) is 3.65. The van der Waals surface area contributed by atoms with Crippen LogP contribution in [0.1, 0.15) is 29.8 Å². The van der Waals surface area contributed by atoms with Gasteiger partial charge in [0, 0.05) is 18.2 Å². The first-order valence-electron chi connectivity index (χ1n) is 5.88. The van der Waals surface area contributed by atoms with Crippen molar-refractivity contribution < 1.29 is 8.78 Å². The van der Waals surface area contributed by atoms with Gasteiger partial charge in [0.2, 0.25) is 0 Å². The molecule has 6 heteroatoms. The summed E-state index contributed by atoms with van der Waals surface area (Å²) in [5.41, 5.74) is 7.40. The monoisotopic (exact) mass is 329 g/mol. The van der Waals surface area contributed by atoms with Crippen LogP contribution < -0.4 is 5.73 Å². The molecule has 102 valence electrons. The van der Waals surface area contributed by atoms with Crippen LogP contribution in [0.15, 0.2) is 22.8 Å². The van der Waals surface area contributed by atoms with E-state index in [1.807, 2.05) is 6.92 Å².